The van der Waals surface area contributed by atoms with Crippen molar-refractivity contribution in [3.63, 3.8) is 0 Å². The molecule has 148 valence electrons. The average Bonchev–Trinajstić information content (AvgIpc) is 2.94. The van der Waals surface area contributed by atoms with Gasteiger partial charge in [0.25, 0.3) is 11.7 Å². The lowest BCUT2D eigenvalue weighted by molar-refractivity contribution is -0.128. The number of pyridine rings is 1. The Bertz CT molecular complexity index is 1030. The Morgan fingerprint density at radius 3 is 2.62 bits per heavy atom. The zero-order chi connectivity index (χ0) is 20.8. The van der Waals surface area contributed by atoms with Gasteiger partial charge in [-0.05, 0) is 69.0 Å². The van der Waals surface area contributed by atoms with Gasteiger partial charge in [-0.25, -0.2) is 0 Å². The smallest absolute Gasteiger partial charge is 0.272 e. The molecule has 0 aromatic carbocycles. The van der Waals surface area contributed by atoms with E-state index in [1.54, 1.807) is 31.1 Å². The molecule has 1 N–H and O–H groups in total. The maximum atomic E-state index is 13.5. The van der Waals surface area contributed by atoms with Crippen LogP contribution in [0.4, 0.5) is 11.5 Å². The average molecular weight is 407 g/mol. The van der Waals surface area contributed by atoms with Gasteiger partial charge in [0.05, 0.1) is 5.69 Å². The van der Waals surface area contributed by atoms with E-state index in [9.17, 15) is 9.59 Å². The van der Waals surface area contributed by atoms with Crippen molar-refractivity contribution in [2.75, 3.05) is 11.9 Å². The highest BCUT2D eigenvalue weighted by molar-refractivity contribution is 7.80. The van der Waals surface area contributed by atoms with Gasteiger partial charge in [0.15, 0.2) is 5.11 Å². The van der Waals surface area contributed by atoms with Gasteiger partial charge in [0.1, 0.15) is 11.7 Å². The fourth-order valence-corrected chi connectivity index (χ4v) is 4.68. The number of carbonyl (C=O) groups is 2. The number of thiocarbonyl (C=S) groups is 1. The van der Waals surface area contributed by atoms with Crippen LogP contribution in [-0.2, 0) is 9.59 Å². The minimum Gasteiger partial charge on any atom is -0.360 e. The molecule has 1 saturated carbocycles. The highest BCUT2D eigenvalue weighted by atomic mass is 32.1. The number of rotatable bonds is 3. The van der Waals surface area contributed by atoms with Crippen LogP contribution in [0.5, 0.6) is 0 Å². The molecule has 2 amide bonds. The summed E-state index contributed by atoms with van der Waals surface area (Å²) >= 11 is 5.76. The van der Waals surface area contributed by atoms with Gasteiger partial charge in [-0.15, -0.1) is 4.98 Å². The fourth-order valence-electron chi connectivity index (χ4n) is 4.20. The number of aryl methyl sites for hydroxylation is 1. The summed E-state index contributed by atoms with van der Waals surface area (Å²) < 4.78 is 0. The lowest BCUT2D eigenvalue weighted by Gasteiger charge is -2.44. The third-order valence-electron chi connectivity index (χ3n) is 5.93. The number of hydrogen-bond donors (Lipinski definition) is 1. The van der Waals surface area contributed by atoms with Crippen molar-refractivity contribution in [2.24, 2.45) is 0 Å². The van der Waals surface area contributed by atoms with E-state index in [0.29, 0.717) is 35.0 Å². The number of nitrogens with zero attached hydrogens (tertiary/aromatic N) is 4. The highest BCUT2D eigenvalue weighted by Gasteiger charge is 2.60. The van der Waals surface area contributed by atoms with E-state index in [-0.39, 0.29) is 11.8 Å². The molecule has 0 atom stereocenters. The summed E-state index contributed by atoms with van der Waals surface area (Å²) in [4.78, 5) is 36.5. The van der Waals surface area contributed by atoms with Crippen LogP contribution in [0.15, 0.2) is 35.7 Å². The molecule has 4 rings (SSSR count). The zero-order valence-electron chi connectivity index (χ0n) is 16.4. The van der Waals surface area contributed by atoms with Gasteiger partial charge < -0.3 is 15.1 Å². The van der Waals surface area contributed by atoms with Crippen LogP contribution in [-0.4, -0.2) is 39.4 Å². The molecule has 0 bridgehead atoms. The monoisotopic (exact) mass is 407 g/mol. The van der Waals surface area contributed by atoms with Crippen LogP contribution in [0.2, 0.25) is 0 Å². The number of hydrogen-bond acceptors (Lipinski definition) is 4. The third-order valence-corrected chi connectivity index (χ3v) is 6.29. The molecule has 2 aliphatic carbocycles. The van der Waals surface area contributed by atoms with Crippen LogP contribution in [0.25, 0.3) is 4.85 Å². The molecule has 1 aromatic heterocycles. The van der Waals surface area contributed by atoms with Gasteiger partial charge in [0.2, 0.25) is 5.91 Å². The molecule has 8 heteroatoms. The van der Waals surface area contributed by atoms with Crippen molar-refractivity contribution in [2.45, 2.75) is 44.6 Å². The van der Waals surface area contributed by atoms with E-state index >= 15 is 0 Å². The normalized spacial score (nSPS) is 20.2. The number of allylic oxidation sites excluding steroid dienone is 3. The highest BCUT2D eigenvalue weighted by Crippen LogP contribution is 2.48. The van der Waals surface area contributed by atoms with Gasteiger partial charge in [-0.3, -0.25) is 14.5 Å². The summed E-state index contributed by atoms with van der Waals surface area (Å²) in [5.41, 5.74) is 2.34. The molecule has 1 spiro atoms. The Kier molecular flexibility index (Phi) is 4.71. The molecule has 1 aromatic rings. The predicted octanol–water partition coefficient (Wildman–Crippen LogP) is 3.15. The molecule has 1 saturated heterocycles. The van der Waals surface area contributed by atoms with Crippen molar-refractivity contribution in [3.05, 3.63) is 52.7 Å². The van der Waals surface area contributed by atoms with Gasteiger partial charge in [-0.2, -0.15) is 0 Å². The standard InChI is InChI=1S/C21H21N5O2S/c1-13-11-16(12-24-17(13)22-2)25-19(28)21(9-4-10-21)26(20(25)29)15-7-5-14(6-8-15)18(27)23-3/h5,7,11-12H,4,6,8-10H2,1,3H3,(H,23,27). The van der Waals surface area contributed by atoms with Crippen molar-refractivity contribution in [1.29, 1.82) is 0 Å². The Hall–Kier alpha value is -3.05. The molecule has 0 radical (unpaired) electrons. The lowest BCUT2D eigenvalue weighted by atomic mass is 9.75. The first-order valence-corrected chi connectivity index (χ1v) is 9.98. The Morgan fingerprint density at radius 2 is 2.10 bits per heavy atom. The summed E-state index contributed by atoms with van der Waals surface area (Å²) in [6.07, 6.45) is 8.99. The maximum absolute atomic E-state index is 13.5. The van der Waals surface area contributed by atoms with Crippen LogP contribution < -0.4 is 10.2 Å². The Morgan fingerprint density at radius 1 is 1.34 bits per heavy atom. The number of amides is 2. The second-order valence-corrected chi connectivity index (χ2v) is 7.88. The number of likely N-dealkylation sites (N-methyl/N-ethyl adjacent to an activating group) is 1. The lowest BCUT2D eigenvalue weighted by Crippen LogP contribution is -2.54. The van der Waals surface area contributed by atoms with Crippen molar-refractivity contribution < 1.29 is 9.59 Å². The van der Waals surface area contributed by atoms with Crippen molar-refractivity contribution >= 4 is 40.6 Å². The number of nitrogens with one attached hydrogen (secondary N) is 1. The van der Waals surface area contributed by atoms with Crippen molar-refractivity contribution in [3.8, 4) is 0 Å². The topological polar surface area (TPSA) is 69.9 Å². The van der Waals surface area contributed by atoms with Crippen LogP contribution >= 0.6 is 12.2 Å². The van der Waals surface area contributed by atoms with E-state index in [4.69, 9.17) is 18.8 Å². The molecule has 3 aliphatic rings. The summed E-state index contributed by atoms with van der Waals surface area (Å²) in [6, 6.07) is 1.79. The fraction of sp³-hybridized carbons (Fsp3) is 0.381. The number of aromatic nitrogens is 1. The number of anilines is 1. The minimum atomic E-state index is -0.645. The van der Waals surface area contributed by atoms with Crippen LogP contribution in [0.1, 0.15) is 37.7 Å². The second kappa shape index (κ2) is 7.08. The second-order valence-electron chi connectivity index (χ2n) is 7.52. The predicted molar refractivity (Wildman–Crippen MR) is 113 cm³/mol. The first-order chi connectivity index (χ1) is 13.9. The summed E-state index contributed by atoms with van der Waals surface area (Å²) in [7, 11) is 1.62. The number of carbonyl (C=O) groups excluding carboxylic acids is 2. The van der Waals surface area contributed by atoms with E-state index < -0.39 is 5.54 Å². The Balaban J connectivity index is 1.72. The van der Waals surface area contributed by atoms with Gasteiger partial charge >= 0.3 is 0 Å². The first kappa shape index (κ1) is 19.3. The van der Waals surface area contributed by atoms with Crippen LogP contribution in [0, 0.1) is 13.5 Å². The quantitative estimate of drug-likeness (QED) is 0.616. The maximum Gasteiger partial charge on any atom is 0.272 e. The SMILES string of the molecule is [C-]#[N+]c1ncc(N2C(=O)C3(CCC3)N(C3=CC=C(C(=O)NC)CC3)C2=S)cc1C. The zero-order valence-corrected chi connectivity index (χ0v) is 17.2. The summed E-state index contributed by atoms with van der Waals surface area (Å²) in [6.45, 7) is 8.98. The summed E-state index contributed by atoms with van der Waals surface area (Å²) in [5, 5.41) is 3.09. The molecule has 7 nitrogen and oxygen atoms in total. The largest absolute Gasteiger partial charge is 0.360 e. The van der Waals surface area contributed by atoms with Gasteiger partial charge in [0, 0.05) is 18.3 Å². The molecule has 2 fully saturated rings. The van der Waals surface area contributed by atoms with E-state index in [1.165, 1.54) is 0 Å². The third kappa shape index (κ3) is 2.85. The van der Waals surface area contributed by atoms with E-state index in [0.717, 1.165) is 30.5 Å². The molecule has 1 aliphatic heterocycles. The molecule has 0 unspecified atom stereocenters. The molecular weight excluding hydrogens is 386 g/mol. The molecule has 2 heterocycles. The molecular formula is C21H21N5O2S. The first-order valence-electron chi connectivity index (χ1n) is 9.57. The minimum absolute atomic E-state index is 0.0347. The van der Waals surface area contributed by atoms with E-state index in [1.807, 2.05) is 17.1 Å². The summed E-state index contributed by atoms with van der Waals surface area (Å²) in [5.74, 6) is 0.206. The van der Waals surface area contributed by atoms with Crippen molar-refractivity contribution in [1.82, 2.24) is 15.2 Å². The van der Waals surface area contributed by atoms with E-state index in [2.05, 4.69) is 15.1 Å². The van der Waals surface area contributed by atoms with Crippen LogP contribution in [0.3, 0.4) is 0 Å². The Labute approximate surface area is 174 Å². The van der Waals surface area contributed by atoms with Gasteiger partial charge in [-0.1, -0.05) is 12.6 Å². The molecule has 29 heavy (non-hydrogen) atoms.